The highest BCUT2D eigenvalue weighted by molar-refractivity contribution is 5.94. The molecule has 29 heavy (non-hydrogen) atoms. The molecule has 150 valence electrons. The fraction of sp³-hybridized carbons (Fsp3) is 0.136. The Morgan fingerprint density at radius 2 is 1.48 bits per heavy atom. The highest BCUT2D eigenvalue weighted by Crippen LogP contribution is 2.30. The van der Waals surface area contributed by atoms with Gasteiger partial charge in [-0.3, -0.25) is 4.79 Å². The fourth-order valence-electron chi connectivity index (χ4n) is 2.60. The number of hydrogen-bond acceptors (Lipinski definition) is 3. The molecule has 1 atom stereocenters. The quantitative estimate of drug-likeness (QED) is 0.614. The van der Waals surface area contributed by atoms with Crippen LogP contribution in [0.1, 0.15) is 27.6 Å². The molecule has 7 heteroatoms. The van der Waals surface area contributed by atoms with Crippen molar-refractivity contribution in [1.82, 2.24) is 5.32 Å². The van der Waals surface area contributed by atoms with Gasteiger partial charge in [0.25, 0.3) is 5.91 Å². The lowest BCUT2D eigenvalue weighted by atomic mass is 10.1. The number of para-hydroxylation sites is 1. The normalized spacial score (nSPS) is 12.3. The van der Waals surface area contributed by atoms with Gasteiger partial charge in [0.2, 0.25) is 0 Å². The van der Waals surface area contributed by atoms with Crippen molar-refractivity contribution in [2.45, 2.75) is 12.3 Å². The minimum Gasteiger partial charge on any atom is -0.457 e. The molecule has 3 aromatic rings. The van der Waals surface area contributed by atoms with Gasteiger partial charge >= 0.3 is 6.18 Å². The van der Waals surface area contributed by atoms with Crippen LogP contribution in [0.25, 0.3) is 0 Å². The minimum atomic E-state index is -4.44. The van der Waals surface area contributed by atoms with E-state index in [0.717, 1.165) is 12.1 Å². The molecule has 0 aliphatic carbocycles. The topological polar surface area (TPSA) is 58.6 Å². The summed E-state index contributed by atoms with van der Waals surface area (Å²) in [6.45, 7) is -0.132. The molecule has 1 amide bonds. The van der Waals surface area contributed by atoms with Crippen molar-refractivity contribution in [3.05, 3.63) is 95.6 Å². The van der Waals surface area contributed by atoms with E-state index in [2.05, 4.69) is 5.32 Å². The van der Waals surface area contributed by atoms with Gasteiger partial charge in [-0.1, -0.05) is 30.3 Å². The van der Waals surface area contributed by atoms with Gasteiger partial charge in [-0.15, -0.1) is 0 Å². The van der Waals surface area contributed by atoms with Crippen LogP contribution in [0.5, 0.6) is 11.5 Å². The molecule has 3 aromatic carbocycles. The van der Waals surface area contributed by atoms with Crippen molar-refractivity contribution in [2.24, 2.45) is 0 Å². The van der Waals surface area contributed by atoms with Crippen LogP contribution in [0.3, 0.4) is 0 Å². The SMILES string of the molecule is O=C(NCC(O)c1ccc(C(F)(F)F)cc1)c1ccc(Oc2ccccc2)cc1. The standard InChI is InChI=1S/C22H18F3NO3/c23-22(24,25)17-10-6-15(7-11-17)20(27)14-26-21(28)16-8-12-19(13-9-16)29-18-4-2-1-3-5-18/h1-13,20,27H,14H2,(H,26,28). The number of halogens is 3. The fourth-order valence-corrected chi connectivity index (χ4v) is 2.60. The van der Waals surface area contributed by atoms with Crippen LogP contribution >= 0.6 is 0 Å². The number of ether oxygens (including phenoxy) is 1. The van der Waals surface area contributed by atoms with Gasteiger partial charge in [0.1, 0.15) is 11.5 Å². The second-order valence-electron chi connectivity index (χ2n) is 6.29. The molecule has 4 nitrogen and oxygen atoms in total. The third-order valence-corrected chi connectivity index (χ3v) is 4.17. The van der Waals surface area contributed by atoms with E-state index >= 15 is 0 Å². The largest absolute Gasteiger partial charge is 0.457 e. The van der Waals surface area contributed by atoms with E-state index in [-0.39, 0.29) is 12.1 Å². The first kappa shape index (κ1) is 20.4. The molecule has 3 rings (SSSR count). The first-order valence-corrected chi connectivity index (χ1v) is 8.79. The molecule has 0 aliphatic rings. The molecular formula is C22H18F3NO3. The number of aliphatic hydroxyl groups is 1. The molecule has 0 spiro atoms. The Morgan fingerprint density at radius 1 is 0.897 bits per heavy atom. The zero-order valence-electron chi connectivity index (χ0n) is 15.2. The summed E-state index contributed by atoms with van der Waals surface area (Å²) in [4.78, 5) is 12.2. The Bertz CT molecular complexity index is 940. The van der Waals surface area contributed by atoms with Crippen molar-refractivity contribution >= 4 is 5.91 Å². The summed E-state index contributed by atoms with van der Waals surface area (Å²) in [6, 6.07) is 19.8. The van der Waals surface area contributed by atoms with Gasteiger partial charge in [0.15, 0.2) is 0 Å². The zero-order chi connectivity index (χ0) is 20.9. The Morgan fingerprint density at radius 3 is 2.07 bits per heavy atom. The average molecular weight is 401 g/mol. The second kappa shape index (κ2) is 8.79. The summed E-state index contributed by atoms with van der Waals surface area (Å²) >= 11 is 0. The number of hydrogen-bond donors (Lipinski definition) is 2. The molecule has 1 unspecified atom stereocenters. The number of amides is 1. The molecule has 0 saturated carbocycles. The van der Waals surface area contributed by atoms with Crippen molar-refractivity contribution in [3.63, 3.8) is 0 Å². The predicted molar refractivity (Wildman–Crippen MR) is 102 cm³/mol. The van der Waals surface area contributed by atoms with Gasteiger partial charge in [-0.25, -0.2) is 0 Å². The van der Waals surface area contributed by atoms with Gasteiger partial charge < -0.3 is 15.2 Å². The molecule has 0 heterocycles. The van der Waals surface area contributed by atoms with Crippen molar-refractivity contribution in [1.29, 1.82) is 0 Å². The van der Waals surface area contributed by atoms with Crippen molar-refractivity contribution in [3.8, 4) is 11.5 Å². The number of rotatable bonds is 6. The van der Waals surface area contributed by atoms with Gasteiger partial charge in [0, 0.05) is 12.1 Å². The second-order valence-corrected chi connectivity index (χ2v) is 6.29. The minimum absolute atomic E-state index is 0.132. The van der Waals surface area contributed by atoms with E-state index in [0.29, 0.717) is 17.1 Å². The number of alkyl halides is 3. The summed E-state index contributed by atoms with van der Waals surface area (Å²) in [5, 5.41) is 12.7. The first-order chi connectivity index (χ1) is 13.8. The number of aliphatic hydroxyl groups excluding tert-OH is 1. The lowest BCUT2D eigenvalue weighted by molar-refractivity contribution is -0.137. The summed E-state index contributed by atoms with van der Waals surface area (Å²) < 4.78 is 43.4. The summed E-state index contributed by atoms with van der Waals surface area (Å²) in [7, 11) is 0. The molecule has 0 bridgehead atoms. The van der Waals surface area contributed by atoms with Crippen LogP contribution in [0.4, 0.5) is 13.2 Å². The maximum Gasteiger partial charge on any atom is 0.416 e. The maximum atomic E-state index is 12.6. The van der Waals surface area contributed by atoms with Crippen LogP contribution < -0.4 is 10.1 Å². The van der Waals surface area contributed by atoms with Crippen LogP contribution in [0, 0.1) is 0 Å². The smallest absolute Gasteiger partial charge is 0.416 e. The van der Waals surface area contributed by atoms with Gasteiger partial charge in [-0.2, -0.15) is 13.2 Å². The monoisotopic (exact) mass is 401 g/mol. The van der Waals surface area contributed by atoms with E-state index in [1.165, 1.54) is 12.1 Å². The Kier molecular flexibility index (Phi) is 6.19. The average Bonchev–Trinajstić information content (AvgIpc) is 2.72. The Hall–Kier alpha value is -3.32. The molecule has 0 radical (unpaired) electrons. The van der Waals surface area contributed by atoms with Crippen LogP contribution in [0.15, 0.2) is 78.9 Å². The molecular weight excluding hydrogens is 383 g/mol. The van der Waals surface area contributed by atoms with Crippen LogP contribution in [0.2, 0.25) is 0 Å². The zero-order valence-corrected chi connectivity index (χ0v) is 15.2. The number of benzene rings is 3. The van der Waals surface area contributed by atoms with E-state index in [9.17, 15) is 23.1 Å². The lowest BCUT2D eigenvalue weighted by Crippen LogP contribution is -2.28. The van der Waals surface area contributed by atoms with Crippen LogP contribution in [-0.4, -0.2) is 17.6 Å². The maximum absolute atomic E-state index is 12.6. The third-order valence-electron chi connectivity index (χ3n) is 4.17. The summed E-state index contributed by atoms with van der Waals surface area (Å²) in [5.41, 5.74) is -0.148. The molecule has 0 aromatic heterocycles. The molecule has 0 aliphatic heterocycles. The molecule has 2 N–H and O–H groups in total. The number of carbonyl (C=O) groups is 1. The van der Waals surface area contributed by atoms with E-state index < -0.39 is 23.8 Å². The number of carbonyl (C=O) groups excluding carboxylic acids is 1. The van der Waals surface area contributed by atoms with Crippen molar-refractivity contribution in [2.75, 3.05) is 6.54 Å². The van der Waals surface area contributed by atoms with Crippen molar-refractivity contribution < 1.29 is 27.8 Å². The van der Waals surface area contributed by atoms with E-state index in [1.54, 1.807) is 24.3 Å². The van der Waals surface area contributed by atoms with Crippen LogP contribution in [-0.2, 0) is 6.18 Å². The Balaban J connectivity index is 1.54. The Labute approximate surface area is 165 Å². The lowest BCUT2D eigenvalue weighted by Gasteiger charge is -2.14. The number of nitrogens with one attached hydrogen (secondary N) is 1. The highest BCUT2D eigenvalue weighted by Gasteiger charge is 2.30. The highest BCUT2D eigenvalue weighted by atomic mass is 19.4. The first-order valence-electron chi connectivity index (χ1n) is 8.79. The molecule has 0 fully saturated rings. The van der Waals surface area contributed by atoms with E-state index in [4.69, 9.17) is 4.74 Å². The molecule has 0 saturated heterocycles. The predicted octanol–water partition coefficient (Wildman–Crippen LogP) is 4.96. The summed E-state index contributed by atoms with van der Waals surface area (Å²) in [5.74, 6) is 0.823. The van der Waals surface area contributed by atoms with Gasteiger partial charge in [-0.05, 0) is 54.1 Å². The summed E-state index contributed by atoms with van der Waals surface area (Å²) in [6.07, 6.45) is -5.56. The van der Waals surface area contributed by atoms with Gasteiger partial charge in [0.05, 0.1) is 11.7 Å². The van der Waals surface area contributed by atoms with E-state index in [1.807, 2.05) is 30.3 Å². The third kappa shape index (κ3) is 5.58.